The van der Waals surface area contributed by atoms with Gasteiger partial charge in [0.15, 0.2) is 0 Å². The molecule has 4 aromatic rings. The molecule has 0 saturated carbocycles. The van der Waals surface area contributed by atoms with Crippen LogP contribution in [0.25, 0.3) is 5.78 Å². The van der Waals surface area contributed by atoms with E-state index in [-0.39, 0.29) is 11.9 Å². The van der Waals surface area contributed by atoms with Crippen LogP contribution in [0, 0.1) is 13.8 Å². The second-order valence-electron chi connectivity index (χ2n) is 7.34. The minimum Gasteiger partial charge on any atom is -0.462 e. The first kappa shape index (κ1) is 22.5. The zero-order chi connectivity index (χ0) is 23.4. The molecule has 0 aliphatic carbocycles. The smallest absolute Gasteiger partial charge is 0.338 e. The average Bonchev–Trinajstić information content (AvgIpc) is 3.22. The number of ether oxygens (including phenoxy) is 1. The lowest BCUT2D eigenvalue weighted by Crippen LogP contribution is -2.14. The summed E-state index contributed by atoms with van der Waals surface area (Å²) in [7, 11) is 0. The van der Waals surface area contributed by atoms with Gasteiger partial charge >= 0.3 is 5.97 Å². The lowest BCUT2D eigenvalue weighted by molar-refractivity contribution is 0.0526. The molecule has 2 aromatic carbocycles. The number of hydrogen-bond acceptors (Lipinski definition) is 7. The minimum atomic E-state index is -0.390. The van der Waals surface area contributed by atoms with Gasteiger partial charge in [0.1, 0.15) is 0 Å². The van der Waals surface area contributed by atoms with Gasteiger partial charge in [-0.15, -0.1) is 5.10 Å². The fraction of sp³-hybridized carbons (Fsp3) is 0.208. The summed E-state index contributed by atoms with van der Waals surface area (Å²) in [5.74, 6) is 0.470. The van der Waals surface area contributed by atoms with Gasteiger partial charge in [-0.2, -0.15) is 4.98 Å². The van der Waals surface area contributed by atoms with Crippen LogP contribution in [-0.4, -0.2) is 38.1 Å². The molecule has 9 heteroatoms. The highest BCUT2D eigenvalue weighted by Crippen LogP contribution is 2.23. The zero-order valence-electron chi connectivity index (χ0n) is 18.5. The quantitative estimate of drug-likeness (QED) is 0.320. The van der Waals surface area contributed by atoms with Crippen LogP contribution in [0.5, 0.6) is 0 Å². The summed E-state index contributed by atoms with van der Waals surface area (Å²) in [6.45, 7) is 5.95. The third-order valence-corrected chi connectivity index (χ3v) is 5.76. The van der Waals surface area contributed by atoms with Crippen LogP contribution in [0.1, 0.15) is 44.6 Å². The standard InChI is InChI=1S/C24H23N5O3S/c1-4-32-22(31)17-9-11-19(12-10-17)26-21(30)20-8-6-5-7-18(20)14-33-24-27-23-25-15(2)13-16(3)29(23)28-24/h5-13H,4,14H2,1-3H3,(H,26,30). The SMILES string of the molecule is CCOC(=O)c1ccc(NC(=O)c2ccccc2CSc2nc3nc(C)cc(C)n3n2)cc1. The maximum Gasteiger partial charge on any atom is 0.338 e. The van der Waals surface area contributed by atoms with Crippen molar-refractivity contribution in [2.75, 3.05) is 11.9 Å². The predicted molar refractivity (Wildman–Crippen MR) is 127 cm³/mol. The predicted octanol–water partition coefficient (Wildman–Crippen LogP) is 4.46. The van der Waals surface area contributed by atoms with Gasteiger partial charge in [-0.1, -0.05) is 30.0 Å². The molecule has 4 rings (SSSR count). The Balaban J connectivity index is 1.46. The molecule has 2 aromatic heterocycles. The average molecular weight is 462 g/mol. The van der Waals surface area contributed by atoms with E-state index in [1.54, 1.807) is 41.8 Å². The molecule has 0 bridgehead atoms. The molecule has 0 atom stereocenters. The highest BCUT2D eigenvalue weighted by molar-refractivity contribution is 7.98. The molecule has 0 saturated heterocycles. The van der Waals surface area contributed by atoms with Crippen molar-refractivity contribution in [2.24, 2.45) is 0 Å². The summed E-state index contributed by atoms with van der Waals surface area (Å²) in [6, 6.07) is 16.0. The fourth-order valence-electron chi connectivity index (χ4n) is 3.32. The number of aromatic nitrogens is 4. The van der Waals surface area contributed by atoms with Gasteiger partial charge < -0.3 is 10.1 Å². The highest BCUT2D eigenvalue weighted by atomic mass is 32.2. The number of rotatable bonds is 7. The molecular formula is C24H23N5O3S. The van der Waals surface area contributed by atoms with E-state index in [1.807, 2.05) is 38.1 Å². The van der Waals surface area contributed by atoms with Gasteiger partial charge in [0.2, 0.25) is 5.16 Å². The molecule has 2 heterocycles. The Morgan fingerprint density at radius 2 is 1.82 bits per heavy atom. The Bertz CT molecular complexity index is 1320. The number of carbonyl (C=O) groups excluding carboxylic acids is 2. The van der Waals surface area contributed by atoms with Crippen LogP contribution in [0.4, 0.5) is 5.69 Å². The summed E-state index contributed by atoms with van der Waals surface area (Å²) in [5, 5.41) is 8.00. The van der Waals surface area contributed by atoms with Crippen LogP contribution >= 0.6 is 11.8 Å². The van der Waals surface area contributed by atoms with Crippen molar-refractivity contribution in [1.82, 2.24) is 19.6 Å². The van der Waals surface area contributed by atoms with Crippen molar-refractivity contribution in [3.05, 3.63) is 82.7 Å². The maximum absolute atomic E-state index is 12.9. The number of nitrogens with one attached hydrogen (secondary N) is 1. The summed E-state index contributed by atoms with van der Waals surface area (Å²) >= 11 is 1.45. The molecule has 0 fully saturated rings. The summed E-state index contributed by atoms with van der Waals surface area (Å²) in [6.07, 6.45) is 0. The third-order valence-electron chi connectivity index (χ3n) is 4.87. The van der Waals surface area contributed by atoms with E-state index in [0.29, 0.717) is 40.1 Å². The van der Waals surface area contributed by atoms with Crippen molar-refractivity contribution < 1.29 is 14.3 Å². The van der Waals surface area contributed by atoms with Crippen LogP contribution < -0.4 is 5.32 Å². The van der Waals surface area contributed by atoms with E-state index in [2.05, 4.69) is 20.4 Å². The molecule has 0 aliphatic rings. The number of aryl methyl sites for hydroxylation is 2. The first-order valence-electron chi connectivity index (χ1n) is 10.4. The topological polar surface area (TPSA) is 98.5 Å². The van der Waals surface area contributed by atoms with Crippen LogP contribution in [0.2, 0.25) is 0 Å². The number of fused-ring (bicyclic) bond motifs is 1. The third kappa shape index (κ3) is 5.20. The lowest BCUT2D eigenvalue weighted by Gasteiger charge is -2.10. The van der Waals surface area contributed by atoms with Gasteiger partial charge in [0, 0.05) is 28.4 Å². The summed E-state index contributed by atoms with van der Waals surface area (Å²) in [5.41, 5.74) is 4.31. The second kappa shape index (κ2) is 9.83. The fourth-order valence-corrected chi connectivity index (χ4v) is 4.14. The summed E-state index contributed by atoms with van der Waals surface area (Å²) in [4.78, 5) is 33.6. The minimum absolute atomic E-state index is 0.230. The van der Waals surface area contributed by atoms with Crippen LogP contribution in [0.15, 0.2) is 59.8 Å². The Kier molecular flexibility index (Phi) is 6.69. The van der Waals surface area contributed by atoms with Gasteiger partial charge in [0.25, 0.3) is 11.7 Å². The first-order valence-corrected chi connectivity index (χ1v) is 11.4. The molecule has 168 valence electrons. The van der Waals surface area contributed by atoms with E-state index in [1.165, 1.54) is 11.8 Å². The Labute approximate surface area is 195 Å². The van der Waals surface area contributed by atoms with Gasteiger partial charge in [-0.3, -0.25) is 4.79 Å². The number of amides is 1. The number of esters is 1. The number of benzene rings is 2. The van der Waals surface area contributed by atoms with E-state index >= 15 is 0 Å². The number of thioether (sulfide) groups is 1. The van der Waals surface area contributed by atoms with Crippen LogP contribution in [-0.2, 0) is 10.5 Å². The Morgan fingerprint density at radius 3 is 2.58 bits per heavy atom. The normalized spacial score (nSPS) is 10.9. The van der Waals surface area contributed by atoms with E-state index in [9.17, 15) is 9.59 Å². The van der Waals surface area contributed by atoms with Crippen molar-refractivity contribution in [2.45, 2.75) is 31.7 Å². The molecule has 8 nitrogen and oxygen atoms in total. The molecule has 0 spiro atoms. The number of hydrogen-bond donors (Lipinski definition) is 1. The molecule has 0 aliphatic heterocycles. The number of nitrogens with zero attached hydrogens (tertiary/aromatic N) is 4. The molecule has 1 amide bonds. The summed E-state index contributed by atoms with van der Waals surface area (Å²) < 4.78 is 6.70. The van der Waals surface area contributed by atoms with Crippen molar-refractivity contribution >= 4 is 35.1 Å². The molecule has 0 unspecified atom stereocenters. The van der Waals surface area contributed by atoms with Crippen molar-refractivity contribution in [3.63, 3.8) is 0 Å². The van der Waals surface area contributed by atoms with Crippen LogP contribution in [0.3, 0.4) is 0 Å². The van der Waals surface area contributed by atoms with Gasteiger partial charge in [0.05, 0.1) is 12.2 Å². The molecule has 33 heavy (non-hydrogen) atoms. The van der Waals surface area contributed by atoms with Gasteiger partial charge in [-0.05, 0) is 62.7 Å². The van der Waals surface area contributed by atoms with E-state index in [0.717, 1.165) is 17.0 Å². The Hall–Kier alpha value is -3.72. The van der Waals surface area contributed by atoms with Gasteiger partial charge in [-0.25, -0.2) is 14.3 Å². The lowest BCUT2D eigenvalue weighted by atomic mass is 10.1. The zero-order valence-corrected chi connectivity index (χ0v) is 19.3. The number of carbonyl (C=O) groups is 2. The van der Waals surface area contributed by atoms with Crippen molar-refractivity contribution in [3.8, 4) is 0 Å². The first-order chi connectivity index (χ1) is 15.9. The number of anilines is 1. The monoisotopic (exact) mass is 461 g/mol. The maximum atomic E-state index is 12.9. The van der Waals surface area contributed by atoms with Crippen molar-refractivity contribution in [1.29, 1.82) is 0 Å². The second-order valence-corrected chi connectivity index (χ2v) is 8.29. The van der Waals surface area contributed by atoms with E-state index < -0.39 is 0 Å². The molecular weight excluding hydrogens is 438 g/mol. The van der Waals surface area contributed by atoms with E-state index in [4.69, 9.17) is 4.74 Å². The highest BCUT2D eigenvalue weighted by Gasteiger charge is 2.14. The largest absolute Gasteiger partial charge is 0.462 e. The Morgan fingerprint density at radius 1 is 1.06 bits per heavy atom. The molecule has 0 radical (unpaired) electrons. The molecule has 1 N–H and O–H groups in total.